The molecule has 0 bridgehead atoms. The molecule has 19 heavy (non-hydrogen) atoms. The Morgan fingerprint density at radius 1 is 1.58 bits per heavy atom. The molecule has 1 saturated heterocycles. The molecule has 0 aliphatic carbocycles. The second-order valence-electron chi connectivity index (χ2n) is 5.06. The predicted octanol–water partition coefficient (Wildman–Crippen LogP) is 1.47. The third kappa shape index (κ3) is 3.44. The van der Waals surface area contributed by atoms with Gasteiger partial charge in [-0.05, 0) is 38.8 Å². The first kappa shape index (κ1) is 13.8. The summed E-state index contributed by atoms with van der Waals surface area (Å²) in [5.74, 6) is 0.331. The summed E-state index contributed by atoms with van der Waals surface area (Å²) in [6.07, 6.45) is 2.71. The van der Waals surface area contributed by atoms with Crippen molar-refractivity contribution in [3.8, 4) is 5.75 Å². The average Bonchev–Trinajstić information content (AvgIpc) is 2.38. The summed E-state index contributed by atoms with van der Waals surface area (Å²) < 4.78 is 5.61. The van der Waals surface area contributed by atoms with E-state index in [0.717, 1.165) is 12.8 Å². The second-order valence-corrected chi connectivity index (χ2v) is 5.06. The number of hydrogen-bond acceptors (Lipinski definition) is 4. The topological polar surface area (TPSA) is 62.7 Å². The fraction of sp³-hybridized carbons (Fsp3) is 0.571. The van der Waals surface area contributed by atoms with Gasteiger partial charge in [0.05, 0.1) is 12.2 Å². The molecule has 1 atom stereocenters. The average molecular weight is 264 g/mol. The number of carbonyl (C=O) groups excluding carboxylic acids is 1. The summed E-state index contributed by atoms with van der Waals surface area (Å²) in [4.78, 5) is 18.2. The van der Waals surface area contributed by atoms with Crippen molar-refractivity contribution < 1.29 is 14.6 Å². The molecule has 1 fully saturated rings. The Balaban J connectivity index is 2.18. The van der Waals surface area contributed by atoms with E-state index in [2.05, 4.69) is 4.98 Å². The minimum absolute atomic E-state index is 0.0114. The van der Waals surface area contributed by atoms with E-state index in [1.807, 2.05) is 13.8 Å². The number of β-amino-alcohol motifs (C(OH)–C–C–N with tert-alkyl or cyclic N) is 1. The van der Waals surface area contributed by atoms with E-state index >= 15 is 0 Å². The van der Waals surface area contributed by atoms with Crippen molar-refractivity contribution in [3.05, 3.63) is 24.0 Å². The Morgan fingerprint density at radius 3 is 3.05 bits per heavy atom. The number of aliphatic hydroxyl groups is 1. The fourth-order valence-corrected chi connectivity index (χ4v) is 2.19. The molecule has 1 aromatic rings. The number of carbonyl (C=O) groups is 1. The lowest BCUT2D eigenvalue weighted by molar-refractivity contribution is 0.0464. The van der Waals surface area contributed by atoms with E-state index in [1.165, 1.54) is 0 Å². The highest BCUT2D eigenvalue weighted by atomic mass is 16.5. The van der Waals surface area contributed by atoms with E-state index in [-0.39, 0.29) is 12.0 Å². The molecule has 1 aromatic heterocycles. The first-order valence-corrected chi connectivity index (χ1v) is 6.67. The van der Waals surface area contributed by atoms with Gasteiger partial charge in [0.15, 0.2) is 11.4 Å². The van der Waals surface area contributed by atoms with Crippen LogP contribution in [0.1, 0.15) is 37.2 Å². The Kier molecular flexibility index (Phi) is 4.37. The molecular weight excluding hydrogens is 244 g/mol. The van der Waals surface area contributed by atoms with Crippen molar-refractivity contribution in [2.75, 3.05) is 13.1 Å². The molecule has 5 heteroatoms. The lowest BCUT2D eigenvalue weighted by Crippen LogP contribution is -2.42. The summed E-state index contributed by atoms with van der Waals surface area (Å²) in [7, 11) is 0. The number of pyridine rings is 1. The van der Waals surface area contributed by atoms with E-state index in [4.69, 9.17) is 4.74 Å². The van der Waals surface area contributed by atoms with Crippen molar-refractivity contribution in [3.63, 3.8) is 0 Å². The normalized spacial score (nSPS) is 19.6. The maximum Gasteiger partial charge on any atom is 0.276 e. The Bertz CT molecular complexity index is 448. The Morgan fingerprint density at radius 2 is 2.37 bits per heavy atom. The summed E-state index contributed by atoms with van der Waals surface area (Å²) in [6, 6.07) is 3.50. The molecule has 5 nitrogen and oxygen atoms in total. The van der Waals surface area contributed by atoms with Gasteiger partial charge in [-0.1, -0.05) is 0 Å². The van der Waals surface area contributed by atoms with Gasteiger partial charge in [-0.3, -0.25) is 4.79 Å². The van der Waals surface area contributed by atoms with Gasteiger partial charge < -0.3 is 14.7 Å². The number of ether oxygens (including phenoxy) is 1. The molecule has 0 saturated carbocycles. The van der Waals surface area contributed by atoms with Gasteiger partial charge >= 0.3 is 0 Å². The number of hydrogen-bond donors (Lipinski definition) is 1. The lowest BCUT2D eigenvalue weighted by Gasteiger charge is -2.30. The first-order chi connectivity index (χ1) is 9.08. The summed E-state index contributed by atoms with van der Waals surface area (Å²) in [6.45, 7) is 4.85. The fourth-order valence-electron chi connectivity index (χ4n) is 2.19. The minimum atomic E-state index is -0.434. The molecule has 0 radical (unpaired) electrons. The van der Waals surface area contributed by atoms with Crippen molar-refractivity contribution in [1.29, 1.82) is 0 Å². The molecule has 0 spiro atoms. The van der Waals surface area contributed by atoms with Crippen LogP contribution in [0, 0.1) is 0 Å². The van der Waals surface area contributed by atoms with Crippen LogP contribution in [0.15, 0.2) is 18.3 Å². The highest BCUT2D eigenvalue weighted by Gasteiger charge is 2.26. The van der Waals surface area contributed by atoms with E-state index < -0.39 is 6.10 Å². The smallest absolute Gasteiger partial charge is 0.276 e. The number of rotatable bonds is 3. The van der Waals surface area contributed by atoms with Gasteiger partial charge in [0, 0.05) is 19.3 Å². The zero-order valence-corrected chi connectivity index (χ0v) is 11.4. The minimum Gasteiger partial charge on any atom is -0.489 e. The van der Waals surface area contributed by atoms with Crippen molar-refractivity contribution in [2.24, 2.45) is 0 Å². The van der Waals surface area contributed by atoms with Gasteiger partial charge in [0.25, 0.3) is 5.91 Å². The monoisotopic (exact) mass is 264 g/mol. The number of piperidine rings is 1. The van der Waals surface area contributed by atoms with Gasteiger partial charge in [-0.2, -0.15) is 0 Å². The van der Waals surface area contributed by atoms with Gasteiger partial charge in [-0.25, -0.2) is 4.98 Å². The van der Waals surface area contributed by atoms with Crippen LogP contribution in [0.2, 0.25) is 0 Å². The van der Waals surface area contributed by atoms with Crippen LogP contribution in [0.3, 0.4) is 0 Å². The van der Waals surface area contributed by atoms with Crippen molar-refractivity contribution >= 4 is 5.91 Å². The summed E-state index contributed by atoms with van der Waals surface area (Å²) in [5, 5.41) is 9.64. The molecule has 1 aliphatic rings. The quantitative estimate of drug-likeness (QED) is 0.898. The SMILES string of the molecule is CC(C)Oc1cccnc1C(=O)N1CCCC(O)C1. The van der Waals surface area contributed by atoms with Gasteiger partial charge in [0.2, 0.25) is 0 Å². The van der Waals surface area contributed by atoms with Gasteiger partial charge in [0.1, 0.15) is 0 Å². The predicted molar refractivity (Wildman–Crippen MR) is 71.1 cm³/mol. The van der Waals surface area contributed by atoms with E-state index in [1.54, 1.807) is 23.2 Å². The summed E-state index contributed by atoms with van der Waals surface area (Å²) in [5.41, 5.74) is 0.324. The molecule has 2 heterocycles. The van der Waals surface area contributed by atoms with Crippen LogP contribution in [-0.4, -0.2) is 46.2 Å². The first-order valence-electron chi connectivity index (χ1n) is 6.67. The third-order valence-corrected chi connectivity index (χ3v) is 3.02. The lowest BCUT2D eigenvalue weighted by atomic mass is 10.1. The van der Waals surface area contributed by atoms with Gasteiger partial charge in [-0.15, -0.1) is 0 Å². The molecule has 1 unspecified atom stereocenters. The van der Waals surface area contributed by atoms with Crippen molar-refractivity contribution in [2.45, 2.75) is 38.9 Å². The van der Waals surface area contributed by atoms with E-state index in [9.17, 15) is 9.90 Å². The zero-order chi connectivity index (χ0) is 13.8. The molecule has 2 rings (SSSR count). The number of amides is 1. The second kappa shape index (κ2) is 6.02. The molecule has 0 aromatic carbocycles. The zero-order valence-electron chi connectivity index (χ0n) is 11.4. The molecule has 1 N–H and O–H groups in total. The largest absolute Gasteiger partial charge is 0.489 e. The maximum absolute atomic E-state index is 12.4. The van der Waals surface area contributed by atoms with E-state index in [0.29, 0.717) is 24.5 Å². The molecule has 1 amide bonds. The number of nitrogens with zero attached hydrogens (tertiary/aromatic N) is 2. The molecule has 104 valence electrons. The van der Waals surface area contributed by atoms with Crippen molar-refractivity contribution in [1.82, 2.24) is 9.88 Å². The van der Waals surface area contributed by atoms with Crippen LogP contribution in [0.25, 0.3) is 0 Å². The highest BCUT2D eigenvalue weighted by Crippen LogP contribution is 2.21. The standard InChI is InChI=1S/C14H20N2O3/c1-10(2)19-12-6-3-7-15-13(12)14(18)16-8-4-5-11(17)9-16/h3,6-7,10-11,17H,4-5,8-9H2,1-2H3. The molecular formula is C14H20N2O3. The summed E-state index contributed by atoms with van der Waals surface area (Å²) >= 11 is 0. The van der Waals surface area contributed by atoms with Crippen LogP contribution in [0.4, 0.5) is 0 Å². The third-order valence-electron chi connectivity index (χ3n) is 3.02. The van der Waals surface area contributed by atoms with Crippen LogP contribution < -0.4 is 4.74 Å². The highest BCUT2D eigenvalue weighted by molar-refractivity contribution is 5.95. The Hall–Kier alpha value is -1.62. The Labute approximate surface area is 113 Å². The number of aliphatic hydroxyl groups excluding tert-OH is 1. The maximum atomic E-state index is 12.4. The number of likely N-dealkylation sites (tertiary alicyclic amines) is 1. The molecule has 1 aliphatic heterocycles. The van der Waals surface area contributed by atoms with Crippen LogP contribution in [0.5, 0.6) is 5.75 Å². The van der Waals surface area contributed by atoms with Crippen LogP contribution >= 0.6 is 0 Å². The van der Waals surface area contributed by atoms with Crippen LogP contribution in [-0.2, 0) is 0 Å². The number of aromatic nitrogens is 1.